The highest BCUT2D eigenvalue weighted by atomic mass is 32.2. The summed E-state index contributed by atoms with van der Waals surface area (Å²) in [6.07, 6.45) is 5.21. The minimum atomic E-state index is -1.11. The molecule has 0 aromatic rings. The molecule has 0 aromatic carbocycles. The lowest BCUT2D eigenvalue weighted by Crippen LogP contribution is -2.21. The Balaban J connectivity index is 2.47. The number of hydrogen-bond donors (Lipinski definition) is 1. The van der Waals surface area contributed by atoms with Gasteiger partial charge in [0.05, 0.1) is 0 Å². The monoisotopic (exact) mass is 216 g/mol. The lowest BCUT2D eigenvalue weighted by molar-refractivity contribution is -0.131. The summed E-state index contributed by atoms with van der Waals surface area (Å²) in [6, 6.07) is 0. The Bertz CT molecular complexity index is 260. The van der Waals surface area contributed by atoms with Gasteiger partial charge in [-0.2, -0.15) is 0 Å². The fourth-order valence-corrected chi connectivity index (χ4v) is 3.22. The second kappa shape index (κ2) is 5.29. The third kappa shape index (κ3) is 3.62. The van der Waals surface area contributed by atoms with Gasteiger partial charge in [0.25, 0.3) is 0 Å². The largest absolute Gasteiger partial charge is 0.478 e. The molecule has 80 valence electrons. The van der Waals surface area contributed by atoms with Crippen molar-refractivity contribution in [3.63, 3.8) is 0 Å². The Morgan fingerprint density at radius 3 is 2.79 bits per heavy atom. The maximum atomic E-state index is 11.6. The Hall–Kier alpha value is -0.640. The maximum Gasteiger partial charge on any atom is 0.328 e. The molecule has 3 unspecified atom stereocenters. The quantitative estimate of drug-likeness (QED) is 0.733. The van der Waals surface area contributed by atoms with Gasteiger partial charge in [0.1, 0.15) is 0 Å². The lowest BCUT2D eigenvalue weighted by atomic mass is 9.91. The van der Waals surface area contributed by atoms with Crippen LogP contribution in [0.25, 0.3) is 0 Å². The molecule has 1 aliphatic rings. The molecule has 0 spiro atoms. The second-order valence-corrected chi connectivity index (χ2v) is 5.46. The number of carboxylic acid groups (broad SMARTS) is 1. The van der Waals surface area contributed by atoms with E-state index in [4.69, 9.17) is 5.11 Å². The molecule has 1 saturated carbocycles. The summed E-state index contributed by atoms with van der Waals surface area (Å²) >= 11 is 0. The fourth-order valence-electron chi connectivity index (χ4n) is 1.83. The van der Waals surface area contributed by atoms with Crippen LogP contribution in [-0.4, -0.2) is 20.5 Å². The van der Waals surface area contributed by atoms with Crippen molar-refractivity contribution >= 4 is 16.8 Å². The number of rotatable bonds is 3. The summed E-state index contributed by atoms with van der Waals surface area (Å²) in [7, 11) is -1.11. The summed E-state index contributed by atoms with van der Waals surface area (Å²) in [5.74, 6) is -0.405. The van der Waals surface area contributed by atoms with E-state index in [1.54, 1.807) is 0 Å². The summed E-state index contributed by atoms with van der Waals surface area (Å²) in [6.45, 7) is 2.16. The van der Waals surface area contributed by atoms with Crippen LogP contribution in [0.15, 0.2) is 11.5 Å². The minimum Gasteiger partial charge on any atom is -0.478 e. The van der Waals surface area contributed by atoms with Gasteiger partial charge >= 0.3 is 5.97 Å². The fraction of sp³-hybridized carbons (Fsp3) is 0.700. The topological polar surface area (TPSA) is 54.4 Å². The highest BCUT2D eigenvalue weighted by molar-refractivity contribution is 7.88. The van der Waals surface area contributed by atoms with Gasteiger partial charge in [-0.25, -0.2) is 4.79 Å². The van der Waals surface area contributed by atoms with Crippen LogP contribution >= 0.6 is 0 Å². The van der Waals surface area contributed by atoms with Crippen molar-refractivity contribution in [2.45, 2.75) is 37.9 Å². The van der Waals surface area contributed by atoms with Gasteiger partial charge in [-0.05, 0) is 18.8 Å². The molecule has 0 bridgehead atoms. The first-order chi connectivity index (χ1) is 6.59. The van der Waals surface area contributed by atoms with Crippen LogP contribution in [0.1, 0.15) is 32.6 Å². The number of hydrogen-bond acceptors (Lipinski definition) is 2. The predicted octanol–water partition coefficient (Wildman–Crippen LogP) is 1.91. The zero-order valence-corrected chi connectivity index (χ0v) is 9.13. The average Bonchev–Trinajstić information content (AvgIpc) is 2.14. The zero-order chi connectivity index (χ0) is 10.6. The minimum absolute atomic E-state index is 0.161. The van der Waals surface area contributed by atoms with Crippen molar-refractivity contribution in [3.8, 4) is 0 Å². The first-order valence-corrected chi connectivity index (χ1v) is 6.17. The Morgan fingerprint density at radius 2 is 2.21 bits per heavy atom. The molecule has 14 heavy (non-hydrogen) atoms. The molecule has 0 amide bonds. The van der Waals surface area contributed by atoms with Crippen molar-refractivity contribution in [1.82, 2.24) is 0 Å². The van der Waals surface area contributed by atoms with Gasteiger partial charge < -0.3 is 5.11 Å². The van der Waals surface area contributed by atoms with E-state index in [1.807, 2.05) is 0 Å². The van der Waals surface area contributed by atoms with Crippen LogP contribution in [0.3, 0.4) is 0 Å². The zero-order valence-electron chi connectivity index (χ0n) is 8.31. The Labute approximate surface area is 86.7 Å². The van der Waals surface area contributed by atoms with E-state index in [2.05, 4.69) is 6.92 Å². The molecule has 1 rings (SSSR count). The van der Waals surface area contributed by atoms with Crippen LogP contribution in [-0.2, 0) is 15.6 Å². The van der Waals surface area contributed by atoms with E-state index in [0.717, 1.165) is 25.3 Å². The van der Waals surface area contributed by atoms with Crippen molar-refractivity contribution in [1.29, 1.82) is 0 Å². The first kappa shape index (κ1) is 11.4. The van der Waals surface area contributed by atoms with Crippen molar-refractivity contribution < 1.29 is 14.1 Å². The third-order valence-corrected chi connectivity index (χ3v) is 4.05. The van der Waals surface area contributed by atoms with Crippen LogP contribution < -0.4 is 0 Å². The molecule has 1 N–H and O–H groups in total. The summed E-state index contributed by atoms with van der Waals surface area (Å²) in [5.41, 5.74) is 0. The molecule has 1 aliphatic carbocycles. The Kier molecular flexibility index (Phi) is 4.32. The predicted molar refractivity (Wildman–Crippen MR) is 56.3 cm³/mol. The number of aliphatic carboxylic acids is 1. The van der Waals surface area contributed by atoms with E-state index in [9.17, 15) is 9.00 Å². The van der Waals surface area contributed by atoms with Crippen LogP contribution in [0.4, 0.5) is 0 Å². The van der Waals surface area contributed by atoms with Crippen LogP contribution in [0.2, 0.25) is 0 Å². The lowest BCUT2D eigenvalue weighted by Gasteiger charge is -2.24. The summed E-state index contributed by atoms with van der Waals surface area (Å²) in [5, 5.41) is 9.86. The molecule has 0 saturated heterocycles. The summed E-state index contributed by atoms with van der Waals surface area (Å²) < 4.78 is 11.6. The van der Waals surface area contributed by atoms with E-state index in [-0.39, 0.29) is 5.25 Å². The molecule has 0 heterocycles. The van der Waals surface area contributed by atoms with Gasteiger partial charge in [-0.1, -0.05) is 19.8 Å². The van der Waals surface area contributed by atoms with Crippen LogP contribution in [0.5, 0.6) is 0 Å². The van der Waals surface area contributed by atoms with Gasteiger partial charge in [0.15, 0.2) is 0 Å². The van der Waals surface area contributed by atoms with E-state index in [0.29, 0.717) is 5.92 Å². The SMILES string of the molecule is CC1CCCC(S(=O)/C=C/C(=O)O)C1. The molecule has 0 radical (unpaired) electrons. The molecule has 3 nitrogen and oxygen atoms in total. The molecule has 4 heteroatoms. The third-order valence-electron chi connectivity index (χ3n) is 2.56. The average molecular weight is 216 g/mol. The highest BCUT2D eigenvalue weighted by Gasteiger charge is 2.22. The molecule has 0 aromatic heterocycles. The number of carbonyl (C=O) groups is 1. The normalized spacial score (nSPS) is 30.4. The summed E-state index contributed by atoms with van der Waals surface area (Å²) in [4.78, 5) is 10.2. The van der Waals surface area contributed by atoms with Crippen molar-refractivity contribution in [3.05, 3.63) is 11.5 Å². The molecule has 3 atom stereocenters. The first-order valence-electron chi connectivity index (χ1n) is 4.90. The molecular formula is C10H16O3S. The second-order valence-electron chi connectivity index (χ2n) is 3.86. The van der Waals surface area contributed by atoms with E-state index in [1.165, 1.54) is 11.8 Å². The van der Waals surface area contributed by atoms with Gasteiger partial charge in [0, 0.05) is 27.5 Å². The van der Waals surface area contributed by atoms with Crippen LogP contribution in [0, 0.1) is 5.92 Å². The smallest absolute Gasteiger partial charge is 0.328 e. The van der Waals surface area contributed by atoms with E-state index >= 15 is 0 Å². The van der Waals surface area contributed by atoms with Gasteiger partial charge in [0.2, 0.25) is 0 Å². The Morgan fingerprint density at radius 1 is 1.50 bits per heavy atom. The van der Waals surface area contributed by atoms with E-state index < -0.39 is 16.8 Å². The molecule has 0 aliphatic heterocycles. The molecular weight excluding hydrogens is 200 g/mol. The standard InChI is InChI=1S/C10H16O3S/c1-8-3-2-4-9(7-8)14(13)6-5-10(11)12/h5-6,8-9H,2-4,7H2,1H3,(H,11,12)/b6-5+. The molecule has 1 fully saturated rings. The van der Waals surface area contributed by atoms with Gasteiger partial charge in [-0.3, -0.25) is 4.21 Å². The van der Waals surface area contributed by atoms with Crippen molar-refractivity contribution in [2.24, 2.45) is 5.92 Å². The number of carboxylic acids is 1. The van der Waals surface area contributed by atoms with Crippen molar-refractivity contribution in [2.75, 3.05) is 0 Å². The maximum absolute atomic E-state index is 11.6. The highest BCUT2D eigenvalue weighted by Crippen LogP contribution is 2.27. The van der Waals surface area contributed by atoms with Gasteiger partial charge in [-0.15, -0.1) is 0 Å².